The van der Waals surface area contributed by atoms with E-state index in [1.807, 2.05) is 17.2 Å². The summed E-state index contributed by atoms with van der Waals surface area (Å²) in [4.78, 5) is 38.7. The third kappa shape index (κ3) is 3.82. The molecule has 0 spiro atoms. The van der Waals surface area contributed by atoms with Crippen molar-refractivity contribution in [3.8, 4) is 0 Å². The molecule has 0 saturated carbocycles. The minimum Gasteiger partial charge on any atom is -0.337 e. The maximum atomic E-state index is 13.1. The van der Waals surface area contributed by atoms with Crippen LogP contribution in [-0.4, -0.2) is 68.8 Å². The number of carbonyl (C=O) groups is 1. The van der Waals surface area contributed by atoms with E-state index >= 15 is 0 Å². The number of carbonyl (C=O) groups excluding carboxylic acids is 1. The minimum absolute atomic E-state index is 0.0237. The first kappa shape index (κ1) is 19.9. The van der Waals surface area contributed by atoms with Gasteiger partial charge in [0.2, 0.25) is 5.91 Å². The van der Waals surface area contributed by atoms with E-state index in [0.29, 0.717) is 6.54 Å². The topological polar surface area (TPSA) is 61.2 Å². The zero-order valence-electron chi connectivity index (χ0n) is 17.0. The van der Waals surface area contributed by atoms with Gasteiger partial charge < -0.3 is 4.90 Å². The number of nitrogens with zero attached hydrogens (tertiary/aromatic N) is 5. The summed E-state index contributed by atoms with van der Waals surface area (Å²) in [6.07, 6.45) is 2.73. The van der Waals surface area contributed by atoms with E-state index in [2.05, 4.69) is 26.2 Å². The predicted molar refractivity (Wildman–Crippen MR) is 119 cm³/mol. The lowest BCUT2D eigenvalue weighted by Gasteiger charge is -2.39. The quantitative estimate of drug-likeness (QED) is 0.617. The highest BCUT2D eigenvalue weighted by molar-refractivity contribution is 7.15. The van der Waals surface area contributed by atoms with Crippen molar-refractivity contribution in [3.05, 3.63) is 55.6 Å². The smallest absolute Gasteiger partial charge is 0.258 e. The van der Waals surface area contributed by atoms with Crippen LogP contribution in [0.5, 0.6) is 0 Å². The SMILES string of the molecule is CC(C(=O)N1CCc2sccc2C1)N1CCN(Cc2cc(=O)n3ccsc3n2)CC1. The molecule has 3 aromatic heterocycles. The molecule has 0 bridgehead atoms. The molecule has 158 valence electrons. The van der Waals surface area contributed by atoms with Crippen LogP contribution in [0, 0.1) is 0 Å². The maximum absolute atomic E-state index is 13.1. The van der Waals surface area contributed by atoms with Gasteiger partial charge in [0.05, 0.1) is 11.7 Å². The number of fused-ring (bicyclic) bond motifs is 2. The van der Waals surface area contributed by atoms with Crippen LogP contribution in [0.2, 0.25) is 0 Å². The lowest BCUT2D eigenvalue weighted by molar-refractivity contribution is -0.138. The van der Waals surface area contributed by atoms with Crippen molar-refractivity contribution in [2.75, 3.05) is 32.7 Å². The van der Waals surface area contributed by atoms with Crippen LogP contribution in [0.3, 0.4) is 0 Å². The van der Waals surface area contributed by atoms with Gasteiger partial charge in [-0.2, -0.15) is 0 Å². The first-order chi connectivity index (χ1) is 14.6. The maximum Gasteiger partial charge on any atom is 0.258 e. The Hall–Kier alpha value is -2.07. The molecule has 9 heteroatoms. The highest BCUT2D eigenvalue weighted by Gasteiger charge is 2.30. The van der Waals surface area contributed by atoms with Gasteiger partial charge in [-0.1, -0.05) is 0 Å². The van der Waals surface area contributed by atoms with Crippen LogP contribution in [0.4, 0.5) is 0 Å². The van der Waals surface area contributed by atoms with E-state index in [4.69, 9.17) is 0 Å². The Morgan fingerprint density at radius 1 is 1.17 bits per heavy atom. The molecular formula is C21H25N5O2S2. The molecule has 3 aromatic rings. The van der Waals surface area contributed by atoms with Crippen LogP contribution in [0.15, 0.2) is 33.9 Å². The van der Waals surface area contributed by atoms with E-state index in [1.54, 1.807) is 28.0 Å². The molecule has 0 aromatic carbocycles. The van der Waals surface area contributed by atoms with Crippen molar-refractivity contribution >= 4 is 33.5 Å². The zero-order valence-corrected chi connectivity index (χ0v) is 18.6. The molecule has 1 unspecified atom stereocenters. The lowest BCUT2D eigenvalue weighted by atomic mass is 10.1. The first-order valence-electron chi connectivity index (χ1n) is 10.3. The molecule has 0 N–H and O–H groups in total. The van der Waals surface area contributed by atoms with Gasteiger partial charge in [-0.15, -0.1) is 22.7 Å². The predicted octanol–water partition coefficient (Wildman–Crippen LogP) is 1.91. The fourth-order valence-corrected chi connectivity index (χ4v) is 5.99. The van der Waals surface area contributed by atoms with Gasteiger partial charge in [-0.05, 0) is 30.4 Å². The average Bonchev–Trinajstić information content (AvgIpc) is 3.42. The molecule has 1 atom stereocenters. The summed E-state index contributed by atoms with van der Waals surface area (Å²) in [5, 5.41) is 4.01. The molecule has 7 nitrogen and oxygen atoms in total. The second-order valence-corrected chi connectivity index (χ2v) is 9.88. The van der Waals surface area contributed by atoms with Crippen molar-refractivity contribution in [2.45, 2.75) is 32.5 Å². The zero-order chi connectivity index (χ0) is 20.7. The normalized spacial score (nSPS) is 19.2. The summed E-state index contributed by atoms with van der Waals surface area (Å²) in [5.41, 5.74) is 2.10. The van der Waals surface area contributed by atoms with Crippen molar-refractivity contribution in [3.63, 3.8) is 0 Å². The monoisotopic (exact) mass is 443 g/mol. The van der Waals surface area contributed by atoms with Crippen molar-refractivity contribution in [1.82, 2.24) is 24.1 Å². The number of amides is 1. The number of hydrogen-bond donors (Lipinski definition) is 0. The summed E-state index contributed by atoms with van der Waals surface area (Å²) in [6.45, 7) is 7.73. The van der Waals surface area contributed by atoms with Crippen molar-refractivity contribution in [2.24, 2.45) is 0 Å². The summed E-state index contributed by atoms with van der Waals surface area (Å²) < 4.78 is 1.58. The second kappa shape index (κ2) is 8.22. The first-order valence-corrected chi connectivity index (χ1v) is 12.1. The minimum atomic E-state index is -0.0995. The Bertz CT molecular complexity index is 1110. The summed E-state index contributed by atoms with van der Waals surface area (Å²) in [5.74, 6) is 0.234. The number of thiazole rings is 1. The van der Waals surface area contributed by atoms with Crippen LogP contribution in [0.25, 0.3) is 4.96 Å². The van der Waals surface area contributed by atoms with Crippen LogP contribution in [0.1, 0.15) is 23.1 Å². The van der Waals surface area contributed by atoms with E-state index in [-0.39, 0.29) is 17.5 Å². The molecule has 1 saturated heterocycles. The molecule has 2 aliphatic rings. The third-order valence-electron chi connectivity index (χ3n) is 6.17. The molecule has 5 rings (SSSR count). The largest absolute Gasteiger partial charge is 0.337 e. The Labute approximate surface area is 183 Å². The lowest BCUT2D eigenvalue weighted by Crippen LogP contribution is -2.54. The molecule has 30 heavy (non-hydrogen) atoms. The molecular weight excluding hydrogens is 418 g/mol. The Balaban J connectivity index is 1.17. The van der Waals surface area contributed by atoms with Crippen LogP contribution < -0.4 is 5.56 Å². The van der Waals surface area contributed by atoms with E-state index in [0.717, 1.165) is 56.3 Å². The standard InChI is InChI=1S/C21H25N5O2S2/c1-15(20(28)25-4-2-18-16(13-25)3-10-29-18)24-7-5-23(6-8-24)14-17-12-19(27)26-9-11-30-21(26)22-17/h3,9-12,15H,2,4-8,13-14H2,1H3. The number of piperazine rings is 1. The van der Waals surface area contributed by atoms with Gasteiger partial charge in [0.25, 0.3) is 5.56 Å². The van der Waals surface area contributed by atoms with E-state index < -0.39 is 0 Å². The van der Waals surface area contributed by atoms with Gasteiger partial charge in [0, 0.05) is 68.3 Å². The van der Waals surface area contributed by atoms with Crippen molar-refractivity contribution in [1.29, 1.82) is 0 Å². The van der Waals surface area contributed by atoms with Crippen LogP contribution >= 0.6 is 22.7 Å². The summed E-state index contributed by atoms with van der Waals surface area (Å²) >= 11 is 3.28. The number of thiophene rings is 1. The Morgan fingerprint density at radius 3 is 2.83 bits per heavy atom. The molecule has 5 heterocycles. The number of aromatic nitrogens is 2. The highest BCUT2D eigenvalue weighted by atomic mass is 32.1. The highest BCUT2D eigenvalue weighted by Crippen LogP contribution is 2.25. The van der Waals surface area contributed by atoms with Gasteiger partial charge in [0.1, 0.15) is 0 Å². The average molecular weight is 444 g/mol. The third-order valence-corrected chi connectivity index (χ3v) is 7.95. The van der Waals surface area contributed by atoms with Gasteiger partial charge in [0.15, 0.2) is 4.96 Å². The van der Waals surface area contributed by atoms with Gasteiger partial charge in [-0.25, -0.2) is 4.98 Å². The fourth-order valence-electron chi connectivity index (χ4n) is 4.36. The van der Waals surface area contributed by atoms with Gasteiger partial charge >= 0.3 is 0 Å². The summed E-state index contributed by atoms with van der Waals surface area (Å²) in [6, 6.07) is 3.68. The molecule has 1 amide bonds. The Kier molecular flexibility index (Phi) is 5.44. The van der Waals surface area contributed by atoms with E-state index in [1.165, 1.54) is 21.8 Å². The van der Waals surface area contributed by atoms with E-state index in [9.17, 15) is 9.59 Å². The van der Waals surface area contributed by atoms with Crippen LogP contribution in [-0.2, 0) is 24.3 Å². The fraction of sp³-hybridized carbons (Fsp3) is 0.476. The molecule has 0 aliphatic carbocycles. The number of hydrogen-bond acceptors (Lipinski definition) is 7. The Morgan fingerprint density at radius 2 is 2.00 bits per heavy atom. The second-order valence-electron chi connectivity index (χ2n) is 8.01. The molecule has 2 aliphatic heterocycles. The number of rotatable bonds is 4. The van der Waals surface area contributed by atoms with Crippen molar-refractivity contribution < 1.29 is 4.79 Å². The molecule has 1 fully saturated rings. The summed E-state index contributed by atoms with van der Waals surface area (Å²) in [7, 11) is 0. The van der Waals surface area contributed by atoms with Gasteiger partial charge in [-0.3, -0.25) is 23.8 Å². The molecule has 0 radical (unpaired) electrons.